The molecule has 6 nitrogen and oxygen atoms in total. The van der Waals surface area contributed by atoms with Gasteiger partial charge in [-0.25, -0.2) is 13.1 Å². The SMILES string of the molecule is CCS(=O)(=O)NC1CN(c2ccc3c(c2)[C@H](Cc2ccccc2)[C@H](N2CCC2)CO3)C1. The fourth-order valence-corrected chi connectivity index (χ4v) is 5.72. The van der Waals surface area contributed by atoms with Gasteiger partial charge >= 0.3 is 0 Å². The van der Waals surface area contributed by atoms with Crippen molar-refractivity contribution in [3.63, 3.8) is 0 Å². The molecule has 2 atom stereocenters. The second-order valence-corrected chi connectivity index (χ2v) is 11.0. The molecule has 1 N–H and O–H groups in total. The normalized spacial score (nSPS) is 24.1. The average Bonchev–Trinajstić information content (AvgIpc) is 2.71. The van der Waals surface area contributed by atoms with E-state index in [-0.39, 0.29) is 11.8 Å². The van der Waals surface area contributed by atoms with E-state index in [1.807, 2.05) is 0 Å². The lowest BCUT2D eigenvalue weighted by atomic mass is 9.82. The number of fused-ring (bicyclic) bond motifs is 1. The molecule has 0 aromatic heterocycles. The van der Waals surface area contributed by atoms with Crippen molar-refractivity contribution in [3.05, 3.63) is 59.7 Å². The first-order chi connectivity index (χ1) is 15.0. The molecule has 0 aliphatic carbocycles. The minimum absolute atomic E-state index is 0.00816. The third-order valence-corrected chi connectivity index (χ3v) is 8.35. The number of likely N-dealkylation sites (tertiary alicyclic amines) is 1. The van der Waals surface area contributed by atoms with Gasteiger partial charge < -0.3 is 9.64 Å². The molecule has 7 heteroatoms. The zero-order valence-corrected chi connectivity index (χ0v) is 18.9. The van der Waals surface area contributed by atoms with Gasteiger partial charge in [-0.3, -0.25) is 4.90 Å². The monoisotopic (exact) mass is 441 g/mol. The van der Waals surface area contributed by atoms with Gasteiger partial charge in [0.05, 0.1) is 17.8 Å². The second-order valence-electron chi connectivity index (χ2n) is 8.91. The van der Waals surface area contributed by atoms with Crippen LogP contribution in [-0.2, 0) is 16.4 Å². The summed E-state index contributed by atoms with van der Waals surface area (Å²) >= 11 is 0. The van der Waals surface area contributed by atoms with Crippen LogP contribution in [0.15, 0.2) is 48.5 Å². The lowest BCUT2D eigenvalue weighted by molar-refractivity contribution is 0.0502. The van der Waals surface area contributed by atoms with Crippen LogP contribution in [0.1, 0.15) is 30.4 Å². The van der Waals surface area contributed by atoms with Crippen LogP contribution in [0.5, 0.6) is 5.75 Å². The molecule has 31 heavy (non-hydrogen) atoms. The van der Waals surface area contributed by atoms with Crippen LogP contribution in [-0.4, -0.2) is 63.9 Å². The summed E-state index contributed by atoms with van der Waals surface area (Å²) in [5, 5.41) is 0. The van der Waals surface area contributed by atoms with Gasteiger partial charge in [-0.05, 0) is 56.6 Å². The van der Waals surface area contributed by atoms with Gasteiger partial charge in [-0.1, -0.05) is 30.3 Å². The zero-order chi connectivity index (χ0) is 21.4. The third-order valence-electron chi connectivity index (χ3n) is 6.90. The Morgan fingerprint density at radius 3 is 2.55 bits per heavy atom. The number of ether oxygens (including phenoxy) is 1. The molecule has 0 bridgehead atoms. The van der Waals surface area contributed by atoms with Crippen LogP contribution in [0.2, 0.25) is 0 Å². The molecule has 0 spiro atoms. The maximum atomic E-state index is 11.8. The van der Waals surface area contributed by atoms with Gasteiger partial charge in [-0.15, -0.1) is 0 Å². The summed E-state index contributed by atoms with van der Waals surface area (Å²) in [4.78, 5) is 4.80. The van der Waals surface area contributed by atoms with Gasteiger partial charge in [-0.2, -0.15) is 0 Å². The Labute approximate surface area is 185 Å². The van der Waals surface area contributed by atoms with Crippen LogP contribution in [0.25, 0.3) is 0 Å². The summed E-state index contributed by atoms with van der Waals surface area (Å²) in [6, 6.07) is 17.6. The van der Waals surface area contributed by atoms with Gasteiger partial charge in [0.1, 0.15) is 12.4 Å². The van der Waals surface area contributed by atoms with Crippen molar-refractivity contribution in [3.8, 4) is 5.75 Å². The molecule has 166 valence electrons. The van der Waals surface area contributed by atoms with Crippen LogP contribution < -0.4 is 14.4 Å². The number of rotatable bonds is 7. The zero-order valence-electron chi connectivity index (χ0n) is 18.0. The number of benzene rings is 2. The predicted molar refractivity (Wildman–Crippen MR) is 123 cm³/mol. The van der Waals surface area contributed by atoms with Crippen LogP contribution >= 0.6 is 0 Å². The lowest BCUT2D eigenvalue weighted by Crippen LogP contribution is -2.59. The number of nitrogens with one attached hydrogen (secondary N) is 1. The molecule has 0 amide bonds. The Morgan fingerprint density at radius 2 is 1.87 bits per heavy atom. The molecule has 0 saturated carbocycles. The highest BCUT2D eigenvalue weighted by Gasteiger charge is 2.38. The molecule has 0 unspecified atom stereocenters. The quantitative estimate of drug-likeness (QED) is 0.716. The first-order valence-corrected chi connectivity index (χ1v) is 13.0. The Hall–Kier alpha value is -2.09. The van der Waals surface area contributed by atoms with Crippen LogP contribution in [0, 0.1) is 0 Å². The van der Waals surface area contributed by atoms with Gasteiger partial charge in [0.25, 0.3) is 0 Å². The van der Waals surface area contributed by atoms with Crippen molar-refractivity contribution in [2.75, 3.05) is 43.4 Å². The largest absolute Gasteiger partial charge is 0.492 e. The highest BCUT2D eigenvalue weighted by Crippen LogP contribution is 2.41. The van der Waals surface area contributed by atoms with Crippen molar-refractivity contribution in [1.82, 2.24) is 9.62 Å². The minimum atomic E-state index is -3.16. The fraction of sp³-hybridized carbons (Fsp3) is 0.500. The van der Waals surface area contributed by atoms with E-state index < -0.39 is 10.0 Å². The highest BCUT2D eigenvalue weighted by atomic mass is 32.2. The topological polar surface area (TPSA) is 61.9 Å². The van der Waals surface area contributed by atoms with E-state index in [2.05, 4.69) is 63.1 Å². The summed E-state index contributed by atoms with van der Waals surface area (Å²) < 4.78 is 32.7. The van der Waals surface area contributed by atoms with E-state index in [1.54, 1.807) is 6.92 Å². The predicted octanol–water partition coefficient (Wildman–Crippen LogP) is 2.61. The molecular formula is C24H31N3O3S. The van der Waals surface area contributed by atoms with E-state index in [4.69, 9.17) is 4.74 Å². The molecule has 5 rings (SSSR count). The van der Waals surface area contributed by atoms with Crippen molar-refractivity contribution < 1.29 is 13.2 Å². The van der Waals surface area contributed by atoms with E-state index >= 15 is 0 Å². The van der Waals surface area contributed by atoms with E-state index in [9.17, 15) is 8.42 Å². The molecule has 3 aliphatic rings. The van der Waals surface area contributed by atoms with Crippen LogP contribution in [0.4, 0.5) is 5.69 Å². The molecule has 2 fully saturated rings. The molecule has 2 saturated heterocycles. The van der Waals surface area contributed by atoms with Crippen molar-refractivity contribution in [2.45, 2.75) is 37.8 Å². The fourth-order valence-electron chi connectivity index (χ4n) is 4.90. The van der Waals surface area contributed by atoms with Gasteiger partial charge in [0.15, 0.2) is 0 Å². The standard InChI is InChI=1S/C24H31N3O3S/c1-2-31(28,29)25-19-15-27(16-19)20-9-10-24-22(14-20)21(13-18-7-4-3-5-8-18)23(17-30-24)26-11-6-12-26/h3-5,7-10,14,19,21,23,25H,2,6,11-13,15-17H2,1H3/t21-,23+/m0/s1. The smallest absolute Gasteiger partial charge is 0.211 e. The Kier molecular flexibility index (Phi) is 5.67. The van der Waals surface area contributed by atoms with E-state index in [1.165, 1.54) is 17.5 Å². The number of sulfonamides is 1. The first kappa shape index (κ1) is 20.8. The molecule has 3 aliphatic heterocycles. The number of hydrogen-bond donors (Lipinski definition) is 1. The number of anilines is 1. The molecule has 2 aromatic rings. The van der Waals surface area contributed by atoms with Gasteiger partial charge in [0, 0.05) is 30.3 Å². The molecule has 3 heterocycles. The second kappa shape index (κ2) is 8.45. The van der Waals surface area contributed by atoms with E-state index in [0.29, 0.717) is 25.0 Å². The first-order valence-electron chi connectivity index (χ1n) is 11.3. The van der Waals surface area contributed by atoms with E-state index in [0.717, 1.165) is 37.6 Å². The summed E-state index contributed by atoms with van der Waals surface area (Å²) in [6.07, 6.45) is 2.27. The maximum Gasteiger partial charge on any atom is 0.211 e. The van der Waals surface area contributed by atoms with Gasteiger partial charge in [0.2, 0.25) is 10.0 Å². The summed E-state index contributed by atoms with van der Waals surface area (Å²) in [5.74, 6) is 1.51. The number of nitrogens with zero attached hydrogens (tertiary/aromatic N) is 2. The summed E-state index contributed by atoms with van der Waals surface area (Å²) in [6.45, 7) is 6.13. The third kappa shape index (κ3) is 4.31. The summed E-state index contributed by atoms with van der Waals surface area (Å²) in [5.41, 5.74) is 3.79. The maximum absolute atomic E-state index is 11.8. The molecular weight excluding hydrogens is 410 g/mol. The Morgan fingerprint density at radius 1 is 1.10 bits per heavy atom. The molecule has 0 radical (unpaired) electrons. The average molecular weight is 442 g/mol. The van der Waals surface area contributed by atoms with Crippen molar-refractivity contribution in [1.29, 1.82) is 0 Å². The Bertz CT molecular complexity index is 1020. The number of hydrogen-bond acceptors (Lipinski definition) is 5. The Balaban J connectivity index is 1.37. The minimum Gasteiger partial charge on any atom is -0.492 e. The van der Waals surface area contributed by atoms with Crippen molar-refractivity contribution in [2.24, 2.45) is 0 Å². The van der Waals surface area contributed by atoms with Crippen molar-refractivity contribution >= 4 is 15.7 Å². The lowest BCUT2D eigenvalue weighted by Gasteiger charge is -2.46. The summed E-state index contributed by atoms with van der Waals surface area (Å²) in [7, 11) is -3.16. The highest BCUT2D eigenvalue weighted by molar-refractivity contribution is 7.89. The van der Waals surface area contributed by atoms with Crippen LogP contribution in [0.3, 0.4) is 0 Å². The molecule has 2 aromatic carbocycles.